The van der Waals surface area contributed by atoms with Crippen molar-refractivity contribution in [3.63, 3.8) is 0 Å². The third kappa shape index (κ3) is 2.83. The number of rotatable bonds is 5. The van der Waals surface area contributed by atoms with Gasteiger partial charge in [0.2, 0.25) is 6.79 Å². The smallest absolute Gasteiger partial charge is 0.231 e. The molecule has 0 saturated carbocycles. The summed E-state index contributed by atoms with van der Waals surface area (Å²) in [7, 11) is 0. The Morgan fingerprint density at radius 1 is 1.38 bits per heavy atom. The van der Waals surface area contributed by atoms with Gasteiger partial charge in [-0.25, -0.2) is 0 Å². The Morgan fingerprint density at radius 2 is 2.19 bits per heavy atom. The molecule has 1 aromatic carbocycles. The molecule has 0 saturated heterocycles. The second-order valence-corrected chi connectivity index (χ2v) is 4.90. The van der Waals surface area contributed by atoms with Gasteiger partial charge in [0.1, 0.15) is 0 Å². The molecule has 2 N–H and O–H groups in total. The lowest BCUT2D eigenvalue weighted by molar-refractivity contribution is 0.174. The van der Waals surface area contributed by atoms with E-state index in [2.05, 4.69) is 13.0 Å². The highest BCUT2D eigenvalue weighted by atomic mass is 32.2. The van der Waals surface area contributed by atoms with Gasteiger partial charge in [-0.05, 0) is 24.1 Å². The number of benzene rings is 1. The highest BCUT2D eigenvalue weighted by molar-refractivity contribution is 7.98. The Morgan fingerprint density at radius 3 is 3.00 bits per heavy atom. The minimum absolute atomic E-state index is 0.305. The fraction of sp³-hybridized carbons (Fsp3) is 0.500. The number of hydrogen-bond donors (Lipinski definition) is 1. The molecule has 0 aliphatic carbocycles. The normalized spacial score (nSPS) is 15.1. The van der Waals surface area contributed by atoms with Gasteiger partial charge in [0.25, 0.3) is 0 Å². The minimum Gasteiger partial charge on any atom is -0.454 e. The van der Waals surface area contributed by atoms with Crippen LogP contribution in [0.25, 0.3) is 0 Å². The van der Waals surface area contributed by atoms with E-state index < -0.39 is 0 Å². The molecule has 0 bridgehead atoms. The lowest BCUT2D eigenvalue weighted by Gasteiger charge is -2.08. The molecule has 1 unspecified atom stereocenters. The summed E-state index contributed by atoms with van der Waals surface area (Å²) in [6.45, 7) is 2.46. The standard InChI is InChI=1S/C12H17NO2S/c1-2-10(13)7-16-6-9-3-4-11-12(5-9)15-8-14-11/h3-5,10H,2,6-8,13H2,1H3. The van der Waals surface area contributed by atoms with E-state index in [4.69, 9.17) is 15.2 Å². The second-order valence-electron chi connectivity index (χ2n) is 3.87. The van der Waals surface area contributed by atoms with E-state index in [1.54, 1.807) is 0 Å². The van der Waals surface area contributed by atoms with Crippen LogP contribution in [0.4, 0.5) is 0 Å². The van der Waals surface area contributed by atoms with E-state index >= 15 is 0 Å². The summed E-state index contributed by atoms with van der Waals surface area (Å²) in [6, 6.07) is 6.40. The molecule has 1 aromatic rings. The van der Waals surface area contributed by atoms with Gasteiger partial charge < -0.3 is 15.2 Å². The van der Waals surface area contributed by atoms with Crippen LogP contribution in [0.2, 0.25) is 0 Å². The predicted octanol–water partition coefficient (Wildman–Crippen LogP) is 2.39. The molecule has 0 amide bonds. The zero-order valence-electron chi connectivity index (χ0n) is 9.44. The first kappa shape index (κ1) is 11.6. The predicted molar refractivity (Wildman–Crippen MR) is 67.0 cm³/mol. The summed E-state index contributed by atoms with van der Waals surface area (Å²) >= 11 is 1.86. The molecule has 4 heteroatoms. The zero-order valence-corrected chi connectivity index (χ0v) is 10.3. The van der Waals surface area contributed by atoms with Gasteiger partial charge in [0.15, 0.2) is 11.5 Å². The van der Waals surface area contributed by atoms with Crippen molar-refractivity contribution in [1.82, 2.24) is 0 Å². The molecule has 16 heavy (non-hydrogen) atoms. The molecular formula is C12H17NO2S. The molecule has 1 atom stereocenters. The third-order valence-corrected chi connectivity index (χ3v) is 3.76. The maximum absolute atomic E-state index is 5.86. The topological polar surface area (TPSA) is 44.5 Å². The maximum atomic E-state index is 5.86. The highest BCUT2D eigenvalue weighted by Gasteiger charge is 2.13. The third-order valence-electron chi connectivity index (χ3n) is 2.56. The molecule has 1 aliphatic heterocycles. The molecule has 3 nitrogen and oxygen atoms in total. The van der Waals surface area contributed by atoms with Crippen molar-refractivity contribution in [2.75, 3.05) is 12.5 Å². The van der Waals surface area contributed by atoms with Crippen LogP contribution >= 0.6 is 11.8 Å². The summed E-state index contributed by atoms with van der Waals surface area (Å²) in [6.07, 6.45) is 1.04. The molecular weight excluding hydrogens is 222 g/mol. The SMILES string of the molecule is CCC(N)CSCc1ccc2c(c1)OCO2. The van der Waals surface area contributed by atoms with Gasteiger partial charge in [-0.3, -0.25) is 0 Å². The summed E-state index contributed by atoms with van der Waals surface area (Å²) in [4.78, 5) is 0. The summed E-state index contributed by atoms with van der Waals surface area (Å²) in [5, 5.41) is 0. The van der Waals surface area contributed by atoms with E-state index in [0.29, 0.717) is 12.8 Å². The van der Waals surface area contributed by atoms with Crippen LogP contribution in [0.3, 0.4) is 0 Å². The molecule has 88 valence electrons. The Bertz CT molecular complexity index is 357. The van der Waals surface area contributed by atoms with Gasteiger partial charge in [-0.1, -0.05) is 13.0 Å². The van der Waals surface area contributed by atoms with Gasteiger partial charge in [0, 0.05) is 17.5 Å². The first-order valence-electron chi connectivity index (χ1n) is 5.51. The van der Waals surface area contributed by atoms with Crippen molar-refractivity contribution in [3.8, 4) is 11.5 Å². The van der Waals surface area contributed by atoms with E-state index in [0.717, 1.165) is 29.4 Å². The largest absolute Gasteiger partial charge is 0.454 e. The second kappa shape index (κ2) is 5.46. The van der Waals surface area contributed by atoms with Crippen LogP contribution in [-0.2, 0) is 5.75 Å². The van der Waals surface area contributed by atoms with E-state index in [1.165, 1.54) is 5.56 Å². The van der Waals surface area contributed by atoms with Crippen molar-refractivity contribution in [1.29, 1.82) is 0 Å². The average Bonchev–Trinajstić information content (AvgIpc) is 2.76. The summed E-state index contributed by atoms with van der Waals surface area (Å²) in [5.74, 6) is 3.69. The Labute approximate surface area is 100 Å². The monoisotopic (exact) mass is 239 g/mol. The molecule has 2 rings (SSSR count). The van der Waals surface area contributed by atoms with Crippen LogP contribution < -0.4 is 15.2 Å². The molecule has 1 heterocycles. The maximum Gasteiger partial charge on any atom is 0.231 e. The van der Waals surface area contributed by atoms with Gasteiger partial charge >= 0.3 is 0 Å². The van der Waals surface area contributed by atoms with Crippen molar-refractivity contribution in [2.45, 2.75) is 25.1 Å². The lowest BCUT2D eigenvalue weighted by Crippen LogP contribution is -2.21. The minimum atomic E-state index is 0.305. The Hall–Kier alpha value is -0.870. The van der Waals surface area contributed by atoms with Gasteiger partial charge in [0.05, 0.1) is 0 Å². The average molecular weight is 239 g/mol. The number of nitrogens with two attached hydrogens (primary N) is 1. The fourth-order valence-corrected chi connectivity index (χ4v) is 2.55. The van der Waals surface area contributed by atoms with Crippen molar-refractivity contribution < 1.29 is 9.47 Å². The van der Waals surface area contributed by atoms with Crippen molar-refractivity contribution >= 4 is 11.8 Å². The number of hydrogen-bond acceptors (Lipinski definition) is 4. The van der Waals surface area contributed by atoms with Crippen molar-refractivity contribution in [2.24, 2.45) is 5.73 Å². The Balaban J connectivity index is 1.86. The lowest BCUT2D eigenvalue weighted by atomic mass is 10.2. The van der Waals surface area contributed by atoms with Crippen LogP contribution in [0.1, 0.15) is 18.9 Å². The summed E-state index contributed by atoms with van der Waals surface area (Å²) < 4.78 is 10.6. The molecule has 1 aliphatic rings. The first-order valence-corrected chi connectivity index (χ1v) is 6.67. The molecule has 0 fully saturated rings. The van der Waals surface area contributed by atoms with Crippen molar-refractivity contribution in [3.05, 3.63) is 23.8 Å². The van der Waals surface area contributed by atoms with E-state index in [9.17, 15) is 0 Å². The Kier molecular flexibility index (Phi) is 3.96. The molecule has 0 radical (unpaired) electrons. The number of fused-ring (bicyclic) bond motifs is 1. The zero-order chi connectivity index (χ0) is 11.4. The number of thioether (sulfide) groups is 1. The quantitative estimate of drug-likeness (QED) is 0.857. The van der Waals surface area contributed by atoms with Crippen LogP contribution in [0, 0.1) is 0 Å². The van der Waals surface area contributed by atoms with Gasteiger partial charge in [-0.15, -0.1) is 0 Å². The van der Waals surface area contributed by atoms with E-state index in [-0.39, 0.29) is 0 Å². The summed E-state index contributed by atoms with van der Waals surface area (Å²) in [5.41, 5.74) is 7.12. The first-order chi connectivity index (χ1) is 7.79. The van der Waals surface area contributed by atoms with Gasteiger partial charge in [-0.2, -0.15) is 11.8 Å². The number of ether oxygens (including phenoxy) is 2. The van der Waals surface area contributed by atoms with E-state index in [1.807, 2.05) is 23.9 Å². The van der Waals surface area contributed by atoms with Crippen LogP contribution in [0.15, 0.2) is 18.2 Å². The highest BCUT2D eigenvalue weighted by Crippen LogP contribution is 2.33. The van der Waals surface area contributed by atoms with Crippen LogP contribution in [-0.4, -0.2) is 18.6 Å². The fourth-order valence-electron chi connectivity index (χ4n) is 1.48. The molecule has 0 aromatic heterocycles. The van der Waals surface area contributed by atoms with Crippen LogP contribution in [0.5, 0.6) is 11.5 Å². The molecule has 0 spiro atoms.